The van der Waals surface area contributed by atoms with Gasteiger partial charge in [0.1, 0.15) is 0 Å². The summed E-state index contributed by atoms with van der Waals surface area (Å²) >= 11 is 0. The number of nitrogens with one attached hydrogen (secondary N) is 1. The van der Waals surface area contributed by atoms with Crippen LogP contribution in [0.4, 0.5) is 0 Å². The first-order valence-electron chi connectivity index (χ1n) is 8.18. The molecule has 2 heterocycles. The lowest BCUT2D eigenvalue weighted by Crippen LogP contribution is -2.24. The maximum absolute atomic E-state index is 11.5. The topological polar surface area (TPSA) is 50.2 Å². The van der Waals surface area contributed by atoms with Crippen molar-refractivity contribution in [1.82, 2.24) is 20.0 Å². The molecule has 0 unspecified atom stereocenters. The molecule has 0 saturated carbocycles. The van der Waals surface area contributed by atoms with Gasteiger partial charge in [-0.3, -0.25) is 9.69 Å². The Hall–Kier alpha value is -2.14. The summed E-state index contributed by atoms with van der Waals surface area (Å²) in [4.78, 5) is 13.9. The monoisotopic (exact) mass is 312 g/mol. The lowest BCUT2D eigenvalue weighted by Gasteiger charge is -2.14. The van der Waals surface area contributed by atoms with Gasteiger partial charge < -0.3 is 5.32 Å². The summed E-state index contributed by atoms with van der Waals surface area (Å²) in [6, 6.07) is 8.26. The van der Waals surface area contributed by atoms with Gasteiger partial charge in [0.25, 0.3) is 0 Å². The molecule has 1 N–H and O–H groups in total. The van der Waals surface area contributed by atoms with Crippen molar-refractivity contribution in [3.8, 4) is 5.69 Å². The molecule has 0 aliphatic carbocycles. The number of likely N-dealkylation sites (tertiary alicyclic amines) is 1. The molecule has 1 fully saturated rings. The van der Waals surface area contributed by atoms with Crippen LogP contribution in [-0.2, 0) is 11.3 Å². The number of rotatable bonds is 5. The van der Waals surface area contributed by atoms with Gasteiger partial charge in [0.2, 0.25) is 5.91 Å². The second kappa shape index (κ2) is 6.96. The number of carbonyl (C=O) groups is 1. The van der Waals surface area contributed by atoms with Crippen LogP contribution in [0.5, 0.6) is 0 Å². The lowest BCUT2D eigenvalue weighted by atomic mass is 10.0. The Kier molecular flexibility index (Phi) is 4.76. The minimum absolute atomic E-state index is 0.143. The lowest BCUT2D eigenvalue weighted by molar-refractivity contribution is -0.121. The van der Waals surface area contributed by atoms with Crippen molar-refractivity contribution in [1.29, 1.82) is 0 Å². The SMILES string of the molecule is CNC(=O)C[C@@H]1CCN(Cc2cnn(-c3ccccc3C)c2)C1. The van der Waals surface area contributed by atoms with E-state index in [9.17, 15) is 4.79 Å². The molecule has 1 aromatic heterocycles. The van der Waals surface area contributed by atoms with Crippen molar-refractivity contribution < 1.29 is 4.79 Å². The molecule has 1 aliphatic rings. The molecular formula is C18H24N4O. The van der Waals surface area contributed by atoms with Crippen molar-refractivity contribution in [3.63, 3.8) is 0 Å². The summed E-state index contributed by atoms with van der Waals surface area (Å²) in [5.74, 6) is 0.616. The summed E-state index contributed by atoms with van der Waals surface area (Å²) in [5.41, 5.74) is 3.56. The van der Waals surface area contributed by atoms with E-state index in [1.165, 1.54) is 11.1 Å². The van der Waals surface area contributed by atoms with Gasteiger partial charge in [-0.15, -0.1) is 0 Å². The average Bonchev–Trinajstić information content (AvgIpc) is 3.18. The Morgan fingerprint density at radius 3 is 3.00 bits per heavy atom. The van der Waals surface area contributed by atoms with E-state index in [1.54, 1.807) is 7.05 Å². The number of aromatic nitrogens is 2. The number of aryl methyl sites for hydroxylation is 1. The van der Waals surface area contributed by atoms with Gasteiger partial charge in [0, 0.05) is 38.3 Å². The Morgan fingerprint density at radius 2 is 2.22 bits per heavy atom. The Morgan fingerprint density at radius 1 is 1.39 bits per heavy atom. The van der Waals surface area contributed by atoms with E-state index in [0.717, 1.165) is 31.7 Å². The van der Waals surface area contributed by atoms with Gasteiger partial charge in [-0.1, -0.05) is 18.2 Å². The first-order chi connectivity index (χ1) is 11.2. The van der Waals surface area contributed by atoms with Gasteiger partial charge in [0.05, 0.1) is 11.9 Å². The highest BCUT2D eigenvalue weighted by molar-refractivity contribution is 5.75. The van der Waals surface area contributed by atoms with Crippen LogP contribution in [0.25, 0.3) is 5.69 Å². The van der Waals surface area contributed by atoms with Crippen molar-refractivity contribution in [2.45, 2.75) is 26.3 Å². The molecule has 0 spiro atoms. The molecule has 1 aliphatic heterocycles. The number of hydrogen-bond donors (Lipinski definition) is 1. The zero-order valence-corrected chi connectivity index (χ0v) is 13.8. The smallest absolute Gasteiger partial charge is 0.220 e. The first-order valence-corrected chi connectivity index (χ1v) is 8.18. The fourth-order valence-corrected chi connectivity index (χ4v) is 3.24. The molecular weight excluding hydrogens is 288 g/mol. The maximum atomic E-state index is 11.5. The van der Waals surface area contributed by atoms with Crippen LogP contribution in [0.1, 0.15) is 24.0 Å². The number of amides is 1. The summed E-state index contributed by atoms with van der Waals surface area (Å²) in [6.07, 6.45) is 5.78. The highest BCUT2D eigenvalue weighted by Crippen LogP contribution is 2.22. The molecule has 5 nitrogen and oxygen atoms in total. The molecule has 23 heavy (non-hydrogen) atoms. The van der Waals surface area contributed by atoms with E-state index < -0.39 is 0 Å². The van der Waals surface area contributed by atoms with Gasteiger partial charge in [-0.05, 0) is 37.4 Å². The van der Waals surface area contributed by atoms with E-state index in [2.05, 4.69) is 40.6 Å². The number of nitrogens with zero attached hydrogens (tertiary/aromatic N) is 3. The molecule has 1 aromatic carbocycles. The van der Waals surface area contributed by atoms with Crippen LogP contribution in [0.15, 0.2) is 36.7 Å². The molecule has 2 aromatic rings. The molecule has 1 amide bonds. The van der Waals surface area contributed by atoms with Crippen LogP contribution >= 0.6 is 0 Å². The summed E-state index contributed by atoms with van der Waals surface area (Å²) in [6.45, 7) is 5.04. The molecule has 1 atom stereocenters. The zero-order chi connectivity index (χ0) is 16.2. The number of para-hydroxylation sites is 1. The fourth-order valence-electron chi connectivity index (χ4n) is 3.24. The predicted octanol–water partition coefficient (Wildman–Crippen LogP) is 2.14. The molecule has 0 bridgehead atoms. The maximum Gasteiger partial charge on any atom is 0.220 e. The minimum Gasteiger partial charge on any atom is -0.359 e. The molecule has 122 valence electrons. The minimum atomic E-state index is 0.143. The highest BCUT2D eigenvalue weighted by Gasteiger charge is 2.24. The zero-order valence-electron chi connectivity index (χ0n) is 13.8. The first kappa shape index (κ1) is 15.7. The van der Waals surface area contributed by atoms with E-state index in [1.807, 2.05) is 23.0 Å². The third-order valence-corrected chi connectivity index (χ3v) is 4.53. The van der Waals surface area contributed by atoms with Crippen LogP contribution in [-0.4, -0.2) is 40.7 Å². The van der Waals surface area contributed by atoms with Crippen molar-refractivity contribution in [3.05, 3.63) is 47.8 Å². The average molecular weight is 312 g/mol. The van der Waals surface area contributed by atoms with E-state index in [-0.39, 0.29) is 5.91 Å². The fraction of sp³-hybridized carbons (Fsp3) is 0.444. The van der Waals surface area contributed by atoms with E-state index >= 15 is 0 Å². The van der Waals surface area contributed by atoms with E-state index in [0.29, 0.717) is 12.3 Å². The normalized spacial score (nSPS) is 18.3. The largest absolute Gasteiger partial charge is 0.359 e. The van der Waals surface area contributed by atoms with Gasteiger partial charge in [0.15, 0.2) is 0 Å². The predicted molar refractivity (Wildman–Crippen MR) is 90.4 cm³/mol. The highest BCUT2D eigenvalue weighted by atomic mass is 16.1. The van der Waals surface area contributed by atoms with E-state index in [4.69, 9.17) is 0 Å². The van der Waals surface area contributed by atoms with Crippen molar-refractivity contribution in [2.24, 2.45) is 5.92 Å². The van der Waals surface area contributed by atoms with Crippen LogP contribution < -0.4 is 5.32 Å². The van der Waals surface area contributed by atoms with Crippen LogP contribution in [0.2, 0.25) is 0 Å². The van der Waals surface area contributed by atoms with Gasteiger partial charge in [-0.25, -0.2) is 4.68 Å². The molecule has 3 rings (SSSR count). The van der Waals surface area contributed by atoms with Gasteiger partial charge in [-0.2, -0.15) is 5.10 Å². The van der Waals surface area contributed by atoms with Gasteiger partial charge >= 0.3 is 0 Å². The van der Waals surface area contributed by atoms with Crippen LogP contribution in [0, 0.1) is 12.8 Å². The molecule has 5 heteroatoms. The van der Waals surface area contributed by atoms with Crippen molar-refractivity contribution >= 4 is 5.91 Å². The quantitative estimate of drug-likeness (QED) is 0.920. The second-order valence-corrected chi connectivity index (χ2v) is 6.35. The van der Waals surface area contributed by atoms with Crippen LogP contribution in [0.3, 0.4) is 0 Å². The third-order valence-electron chi connectivity index (χ3n) is 4.53. The summed E-state index contributed by atoms with van der Waals surface area (Å²) in [7, 11) is 1.70. The van der Waals surface area contributed by atoms with Crippen molar-refractivity contribution in [2.75, 3.05) is 20.1 Å². The number of benzene rings is 1. The Bertz CT molecular complexity index is 679. The molecule has 0 radical (unpaired) electrons. The Balaban J connectivity index is 1.60. The molecule has 1 saturated heterocycles. The summed E-state index contributed by atoms with van der Waals surface area (Å²) in [5, 5.41) is 7.21. The second-order valence-electron chi connectivity index (χ2n) is 6.35. The Labute approximate surface area is 137 Å². The number of hydrogen-bond acceptors (Lipinski definition) is 3. The summed E-state index contributed by atoms with van der Waals surface area (Å²) < 4.78 is 1.95. The standard InChI is InChI=1S/C18H24N4O/c1-14-5-3-4-6-17(14)22-13-16(10-20-22)12-21-8-7-15(11-21)9-18(23)19-2/h3-6,10,13,15H,7-9,11-12H2,1-2H3,(H,19,23)/t15-/m0/s1. The number of carbonyl (C=O) groups excluding carboxylic acids is 1. The third kappa shape index (κ3) is 3.79.